The van der Waals surface area contributed by atoms with Gasteiger partial charge in [0.15, 0.2) is 0 Å². The van der Waals surface area contributed by atoms with Gasteiger partial charge in [-0.3, -0.25) is 4.90 Å². The van der Waals surface area contributed by atoms with E-state index in [2.05, 4.69) is 28.8 Å². The zero-order chi connectivity index (χ0) is 16.9. The lowest BCUT2D eigenvalue weighted by Gasteiger charge is -2.38. The van der Waals surface area contributed by atoms with Crippen LogP contribution < -0.4 is 10.1 Å². The molecule has 0 aliphatic carbocycles. The van der Waals surface area contributed by atoms with Crippen LogP contribution in [0.2, 0.25) is 0 Å². The fraction of sp³-hybridized carbons (Fsp3) is 0.647. The van der Waals surface area contributed by atoms with Crippen LogP contribution in [0, 0.1) is 5.92 Å². The Bertz CT molecular complexity index is 476. The van der Waals surface area contributed by atoms with Crippen LogP contribution in [0.3, 0.4) is 0 Å². The third-order valence-corrected chi connectivity index (χ3v) is 4.28. The molecular weight excluding hydrogens is 341 g/mol. The van der Waals surface area contributed by atoms with Crippen LogP contribution >= 0.6 is 12.4 Å². The van der Waals surface area contributed by atoms with Gasteiger partial charge in [0, 0.05) is 32.2 Å². The number of nitrogens with one attached hydrogen (secondary N) is 1. The number of hydrogen-bond donors (Lipinski definition) is 1. The molecule has 0 bridgehead atoms. The van der Waals surface area contributed by atoms with Gasteiger partial charge in [-0.05, 0) is 30.0 Å². The van der Waals surface area contributed by atoms with Gasteiger partial charge in [-0.2, -0.15) is 0 Å². The summed E-state index contributed by atoms with van der Waals surface area (Å²) in [5.74, 6) is 0.288. The molecule has 1 aromatic rings. The Kier molecular flexibility index (Phi) is 8.33. The first kappa shape index (κ1) is 21.1. The van der Waals surface area contributed by atoms with Gasteiger partial charge >= 0.3 is 6.36 Å². The van der Waals surface area contributed by atoms with E-state index in [4.69, 9.17) is 0 Å². The van der Waals surface area contributed by atoms with Crippen LogP contribution in [0.4, 0.5) is 13.2 Å². The second kappa shape index (κ2) is 9.49. The molecule has 0 spiro atoms. The minimum atomic E-state index is -4.64. The van der Waals surface area contributed by atoms with Crippen molar-refractivity contribution >= 4 is 12.4 Å². The number of halogens is 4. The third-order valence-electron chi connectivity index (χ3n) is 4.28. The molecule has 1 saturated heterocycles. The number of hydrogen-bond acceptors (Lipinski definition) is 3. The molecule has 0 saturated carbocycles. The van der Waals surface area contributed by atoms with Crippen LogP contribution in [-0.2, 0) is 0 Å². The van der Waals surface area contributed by atoms with Gasteiger partial charge in [0.1, 0.15) is 5.75 Å². The Morgan fingerprint density at radius 1 is 1.17 bits per heavy atom. The van der Waals surface area contributed by atoms with Crippen LogP contribution in [0.15, 0.2) is 24.3 Å². The first-order chi connectivity index (χ1) is 10.9. The van der Waals surface area contributed by atoms with Crippen molar-refractivity contribution < 1.29 is 17.9 Å². The number of ether oxygens (including phenoxy) is 1. The number of benzene rings is 1. The minimum absolute atomic E-state index is 0. The minimum Gasteiger partial charge on any atom is -0.406 e. The van der Waals surface area contributed by atoms with E-state index in [1.54, 1.807) is 12.1 Å². The molecule has 24 heavy (non-hydrogen) atoms. The first-order valence-corrected chi connectivity index (χ1v) is 8.21. The average molecular weight is 367 g/mol. The molecule has 1 aromatic carbocycles. The van der Waals surface area contributed by atoms with Crippen molar-refractivity contribution in [2.75, 3.05) is 26.2 Å². The molecule has 3 nitrogen and oxygen atoms in total. The average Bonchev–Trinajstić information content (AvgIpc) is 2.49. The van der Waals surface area contributed by atoms with Crippen LogP contribution in [-0.4, -0.2) is 37.4 Å². The van der Waals surface area contributed by atoms with Crippen molar-refractivity contribution in [2.45, 2.75) is 39.1 Å². The quantitative estimate of drug-likeness (QED) is 0.808. The maximum Gasteiger partial charge on any atom is 0.573 e. The summed E-state index contributed by atoms with van der Waals surface area (Å²) in [6.07, 6.45) is -2.45. The van der Waals surface area contributed by atoms with Gasteiger partial charge < -0.3 is 10.1 Å². The van der Waals surface area contributed by atoms with Crippen LogP contribution in [0.5, 0.6) is 5.75 Å². The largest absolute Gasteiger partial charge is 0.573 e. The van der Waals surface area contributed by atoms with E-state index < -0.39 is 6.36 Å². The highest BCUT2D eigenvalue weighted by Gasteiger charge is 2.31. The Balaban J connectivity index is 0.00000288. The Hall–Kier alpha value is -0.980. The van der Waals surface area contributed by atoms with E-state index in [1.807, 2.05) is 0 Å². The summed E-state index contributed by atoms with van der Waals surface area (Å²) in [6, 6.07) is 6.59. The predicted octanol–water partition coefficient (Wildman–Crippen LogP) is 4.39. The van der Waals surface area contributed by atoms with E-state index in [1.165, 1.54) is 12.1 Å². The molecule has 1 N–H and O–H groups in total. The van der Waals surface area contributed by atoms with Crippen molar-refractivity contribution in [3.63, 3.8) is 0 Å². The third kappa shape index (κ3) is 6.15. The summed E-state index contributed by atoms with van der Waals surface area (Å²) in [5.41, 5.74) is 1.06. The molecule has 1 heterocycles. The molecule has 0 aromatic heterocycles. The van der Waals surface area contributed by atoms with E-state index in [9.17, 15) is 13.2 Å². The van der Waals surface area contributed by atoms with Crippen molar-refractivity contribution in [3.8, 4) is 5.75 Å². The number of piperazine rings is 1. The van der Waals surface area contributed by atoms with Crippen LogP contribution in [0.1, 0.15) is 38.3 Å². The summed E-state index contributed by atoms with van der Waals surface area (Å²) in [6.45, 7) is 8.19. The zero-order valence-electron chi connectivity index (χ0n) is 14.1. The standard InChI is InChI=1S/C17H25F3N2O.ClH/c1-3-4-13(2)16(22-11-9-21-10-12-22)14-5-7-15(8-6-14)23-17(18,19)20;/h5-8,13,16,21H,3-4,9-12H2,1-2H3;1H/t13?,16-;/m0./s1. The zero-order valence-corrected chi connectivity index (χ0v) is 14.9. The highest BCUT2D eigenvalue weighted by molar-refractivity contribution is 5.85. The molecule has 2 rings (SSSR count). The van der Waals surface area contributed by atoms with E-state index >= 15 is 0 Å². The lowest BCUT2D eigenvalue weighted by molar-refractivity contribution is -0.274. The Morgan fingerprint density at radius 3 is 2.25 bits per heavy atom. The van der Waals surface area contributed by atoms with E-state index in [0.29, 0.717) is 5.92 Å². The lowest BCUT2D eigenvalue weighted by atomic mass is 9.89. The molecule has 1 unspecified atom stereocenters. The van der Waals surface area contributed by atoms with Gasteiger partial charge in [0.25, 0.3) is 0 Å². The second-order valence-corrected chi connectivity index (χ2v) is 6.11. The van der Waals surface area contributed by atoms with E-state index in [0.717, 1.165) is 44.6 Å². The summed E-state index contributed by atoms with van der Waals surface area (Å²) in [7, 11) is 0. The van der Waals surface area contributed by atoms with Gasteiger partial charge in [0.2, 0.25) is 0 Å². The smallest absolute Gasteiger partial charge is 0.406 e. The van der Waals surface area contributed by atoms with Crippen molar-refractivity contribution in [1.82, 2.24) is 10.2 Å². The number of alkyl halides is 3. The summed E-state index contributed by atoms with van der Waals surface area (Å²) >= 11 is 0. The lowest BCUT2D eigenvalue weighted by Crippen LogP contribution is -2.46. The Labute approximate surface area is 148 Å². The summed E-state index contributed by atoms with van der Waals surface area (Å²) < 4.78 is 40.8. The Morgan fingerprint density at radius 2 is 1.75 bits per heavy atom. The van der Waals surface area contributed by atoms with E-state index in [-0.39, 0.29) is 24.2 Å². The fourth-order valence-electron chi connectivity index (χ4n) is 3.34. The number of rotatable bonds is 6. The molecular formula is C17H26ClF3N2O. The summed E-state index contributed by atoms with van der Waals surface area (Å²) in [5, 5.41) is 3.34. The topological polar surface area (TPSA) is 24.5 Å². The van der Waals surface area contributed by atoms with Crippen molar-refractivity contribution in [1.29, 1.82) is 0 Å². The number of nitrogens with zero attached hydrogens (tertiary/aromatic N) is 1. The second-order valence-electron chi connectivity index (χ2n) is 6.11. The van der Waals surface area contributed by atoms with Gasteiger partial charge in [-0.25, -0.2) is 0 Å². The molecule has 2 atom stereocenters. The summed E-state index contributed by atoms with van der Waals surface area (Å²) in [4.78, 5) is 2.43. The first-order valence-electron chi connectivity index (χ1n) is 8.21. The maximum absolute atomic E-state index is 12.3. The molecule has 138 valence electrons. The molecule has 1 fully saturated rings. The molecule has 7 heteroatoms. The predicted molar refractivity (Wildman–Crippen MR) is 91.6 cm³/mol. The highest BCUT2D eigenvalue weighted by atomic mass is 35.5. The normalized spacial score (nSPS) is 18.5. The van der Waals surface area contributed by atoms with Gasteiger partial charge in [-0.15, -0.1) is 25.6 Å². The molecule has 1 aliphatic rings. The fourth-order valence-corrected chi connectivity index (χ4v) is 3.34. The van der Waals surface area contributed by atoms with Crippen molar-refractivity contribution in [2.24, 2.45) is 5.92 Å². The molecule has 1 aliphatic heterocycles. The van der Waals surface area contributed by atoms with Gasteiger partial charge in [0.05, 0.1) is 0 Å². The monoisotopic (exact) mass is 366 g/mol. The molecule has 0 radical (unpaired) electrons. The maximum atomic E-state index is 12.3. The van der Waals surface area contributed by atoms with Crippen molar-refractivity contribution in [3.05, 3.63) is 29.8 Å². The molecule has 0 amide bonds. The van der Waals surface area contributed by atoms with Crippen LogP contribution in [0.25, 0.3) is 0 Å². The highest BCUT2D eigenvalue weighted by Crippen LogP contribution is 2.33. The van der Waals surface area contributed by atoms with Gasteiger partial charge in [-0.1, -0.05) is 32.4 Å². The SMILES string of the molecule is CCCC(C)[C@@H](c1ccc(OC(F)(F)F)cc1)N1CCNCC1.Cl.